The number of carbonyl (C=O) groups excluding carboxylic acids is 1. The minimum atomic E-state index is -4.47. The van der Waals surface area contributed by atoms with Gasteiger partial charge in [-0.1, -0.05) is 0 Å². The number of amides is 1. The lowest BCUT2D eigenvalue weighted by Crippen LogP contribution is -2.47. The third-order valence-corrected chi connectivity index (χ3v) is 4.33. The van der Waals surface area contributed by atoms with Gasteiger partial charge in [0.25, 0.3) is 5.91 Å². The number of hydrogen-bond acceptors (Lipinski definition) is 4. The summed E-state index contributed by atoms with van der Waals surface area (Å²) >= 11 is 0. The molecule has 2 N–H and O–H groups in total. The molecule has 1 aromatic rings. The first kappa shape index (κ1) is 15.9. The van der Waals surface area contributed by atoms with Gasteiger partial charge >= 0.3 is 6.18 Å². The van der Waals surface area contributed by atoms with Gasteiger partial charge < -0.3 is 15.5 Å². The molecule has 2 aliphatic rings. The van der Waals surface area contributed by atoms with Crippen LogP contribution in [0.3, 0.4) is 0 Å². The first-order valence-electron chi connectivity index (χ1n) is 7.66. The third-order valence-electron chi connectivity index (χ3n) is 4.33. The summed E-state index contributed by atoms with van der Waals surface area (Å²) in [5.41, 5.74) is 1.79. The van der Waals surface area contributed by atoms with Crippen molar-refractivity contribution in [2.24, 2.45) is 0 Å². The van der Waals surface area contributed by atoms with E-state index >= 15 is 0 Å². The van der Waals surface area contributed by atoms with E-state index in [2.05, 4.69) is 15.2 Å². The Morgan fingerprint density at radius 2 is 2.26 bits per heavy atom. The van der Waals surface area contributed by atoms with Crippen LogP contribution in [-0.2, 0) is 0 Å². The summed E-state index contributed by atoms with van der Waals surface area (Å²) in [6.45, 7) is 4.59. The van der Waals surface area contributed by atoms with Crippen molar-refractivity contribution in [2.75, 3.05) is 23.3 Å². The van der Waals surface area contributed by atoms with Gasteiger partial charge in [-0.2, -0.15) is 13.2 Å². The van der Waals surface area contributed by atoms with Crippen LogP contribution in [0.5, 0.6) is 0 Å². The maximum Gasteiger partial charge on any atom is 0.408 e. The van der Waals surface area contributed by atoms with Gasteiger partial charge in [0.15, 0.2) is 5.82 Å². The molecule has 0 aromatic carbocycles. The number of piperidine rings is 1. The summed E-state index contributed by atoms with van der Waals surface area (Å²) in [6, 6.07) is -0.0896. The second-order valence-electron chi connectivity index (χ2n) is 6.19. The lowest BCUT2D eigenvalue weighted by molar-refractivity contribution is -0.149. The average Bonchev–Trinajstić information content (AvgIpc) is 2.45. The van der Waals surface area contributed by atoms with Crippen molar-refractivity contribution in [3.63, 3.8) is 0 Å². The highest BCUT2D eigenvalue weighted by molar-refractivity contribution is 5.94. The number of carbonyl (C=O) groups is 1. The summed E-state index contributed by atoms with van der Waals surface area (Å²) < 4.78 is 37.7. The lowest BCUT2D eigenvalue weighted by Gasteiger charge is -2.41. The van der Waals surface area contributed by atoms with E-state index in [-0.39, 0.29) is 11.7 Å². The molecule has 1 aromatic heterocycles. The molecule has 2 bridgehead atoms. The first-order chi connectivity index (χ1) is 10.8. The van der Waals surface area contributed by atoms with Crippen molar-refractivity contribution in [1.82, 2.24) is 10.3 Å². The van der Waals surface area contributed by atoms with Crippen LogP contribution in [0.15, 0.2) is 6.07 Å². The molecule has 23 heavy (non-hydrogen) atoms. The molecule has 8 heteroatoms. The van der Waals surface area contributed by atoms with Gasteiger partial charge in [-0.3, -0.25) is 4.79 Å². The maximum atomic E-state index is 12.6. The molecule has 0 spiro atoms. The summed E-state index contributed by atoms with van der Waals surface area (Å²) in [5.74, 6) is -0.223. The van der Waals surface area contributed by atoms with Crippen LogP contribution in [0.4, 0.5) is 24.7 Å². The normalized spacial score (nSPS) is 21.3. The first-order valence-corrected chi connectivity index (χ1v) is 7.66. The Morgan fingerprint density at radius 3 is 2.96 bits per heavy atom. The zero-order chi connectivity index (χ0) is 16.8. The van der Waals surface area contributed by atoms with Crippen LogP contribution in [0.25, 0.3) is 0 Å². The number of nitrogens with one attached hydrogen (secondary N) is 2. The van der Waals surface area contributed by atoms with Gasteiger partial charge in [0.05, 0.1) is 5.69 Å². The highest BCUT2D eigenvalue weighted by Crippen LogP contribution is 2.36. The van der Waals surface area contributed by atoms with E-state index in [9.17, 15) is 18.0 Å². The van der Waals surface area contributed by atoms with Crippen LogP contribution in [-0.4, -0.2) is 42.2 Å². The van der Waals surface area contributed by atoms with E-state index in [1.807, 2.05) is 12.2 Å². The van der Waals surface area contributed by atoms with E-state index in [1.54, 1.807) is 6.07 Å². The fourth-order valence-corrected chi connectivity index (χ4v) is 3.13. The predicted molar refractivity (Wildman–Crippen MR) is 80.8 cm³/mol. The van der Waals surface area contributed by atoms with Crippen LogP contribution >= 0.6 is 0 Å². The maximum absolute atomic E-state index is 12.6. The van der Waals surface area contributed by atoms with Gasteiger partial charge in [0.1, 0.15) is 11.7 Å². The Morgan fingerprint density at radius 1 is 1.52 bits per heavy atom. The van der Waals surface area contributed by atoms with Gasteiger partial charge in [-0.05, 0) is 38.3 Å². The quantitative estimate of drug-likeness (QED) is 0.876. The molecule has 0 saturated carbocycles. The largest absolute Gasteiger partial charge is 0.408 e. The summed E-state index contributed by atoms with van der Waals surface area (Å²) in [5, 5.41) is 5.25. The molecule has 1 unspecified atom stereocenters. The zero-order valence-electron chi connectivity index (χ0n) is 13.0. The molecule has 1 saturated heterocycles. The fourth-order valence-electron chi connectivity index (χ4n) is 3.13. The number of hydrogen-bond donors (Lipinski definition) is 2. The van der Waals surface area contributed by atoms with Gasteiger partial charge in [0, 0.05) is 19.1 Å². The molecule has 2 atom stereocenters. The van der Waals surface area contributed by atoms with Crippen LogP contribution < -0.4 is 15.5 Å². The zero-order valence-corrected chi connectivity index (χ0v) is 13.0. The Labute approximate surface area is 132 Å². The molecule has 126 valence electrons. The molecule has 0 aliphatic carbocycles. The number of anilines is 2. The predicted octanol–water partition coefficient (Wildman–Crippen LogP) is 2.46. The standard InChI is InChI=1S/C15H19F3N4O/c1-8-6-11(14(23)19-9(2)15(16,17)18)21-13-12(8)22-5-3-4-10(7-22)20-13/h6,9-10H,3-5,7H2,1-2H3,(H,19,23)(H,20,21)/t9-,10?/m1/s1. The van der Waals surface area contributed by atoms with E-state index in [0.29, 0.717) is 5.82 Å². The van der Waals surface area contributed by atoms with Crippen molar-refractivity contribution in [1.29, 1.82) is 0 Å². The van der Waals surface area contributed by atoms with Crippen LogP contribution in [0.1, 0.15) is 35.8 Å². The van der Waals surface area contributed by atoms with E-state index in [1.165, 1.54) is 0 Å². The van der Waals surface area contributed by atoms with E-state index in [0.717, 1.165) is 44.1 Å². The molecule has 1 amide bonds. The summed E-state index contributed by atoms with van der Waals surface area (Å²) in [4.78, 5) is 18.6. The number of fused-ring (bicyclic) bond motifs is 4. The van der Waals surface area contributed by atoms with Gasteiger partial charge in [0.2, 0.25) is 0 Å². The minimum absolute atomic E-state index is 0.00558. The molecule has 3 rings (SSSR count). The molecule has 1 fully saturated rings. The highest BCUT2D eigenvalue weighted by Gasteiger charge is 2.37. The molecule has 0 radical (unpaired) electrons. The molecular weight excluding hydrogens is 309 g/mol. The Balaban J connectivity index is 1.86. The summed E-state index contributed by atoms with van der Waals surface area (Å²) in [6.07, 6.45) is -2.36. The number of nitrogens with zero attached hydrogens (tertiary/aromatic N) is 2. The van der Waals surface area contributed by atoms with Gasteiger partial charge in [-0.25, -0.2) is 4.98 Å². The van der Waals surface area contributed by atoms with Crippen molar-refractivity contribution in [3.8, 4) is 0 Å². The Kier molecular flexibility index (Phi) is 3.85. The topological polar surface area (TPSA) is 57.3 Å². The number of aryl methyl sites for hydroxylation is 1. The number of alkyl halides is 3. The number of pyridine rings is 1. The average molecular weight is 328 g/mol. The third kappa shape index (κ3) is 3.07. The Hall–Kier alpha value is -1.99. The van der Waals surface area contributed by atoms with Crippen molar-refractivity contribution < 1.29 is 18.0 Å². The van der Waals surface area contributed by atoms with Crippen molar-refractivity contribution in [3.05, 3.63) is 17.3 Å². The summed E-state index contributed by atoms with van der Waals surface area (Å²) in [7, 11) is 0. The number of aromatic nitrogens is 1. The number of rotatable bonds is 2. The molecular formula is C15H19F3N4O. The van der Waals surface area contributed by atoms with Crippen LogP contribution in [0.2, 0.25) is 0 Å². The molecule has 2 aliphatic heterocycles. The molecule has 3 heterocycles. The van der Waals surface area contributed by atoms with Crippen LogP contribution in [0, 0.1) is 6.92 Å². The lowest BCUT2D eigenvalue weighted by atomic mass is 10.00. The van der Waals surface area contributed by atoms with Crippen molar-refractivity contribution >= 4 is 17.4 Å². The van der Waals surface area contributed by atoms with Crippen molar-refractivity contribution in [2.45, 2.75) is 44.9 Å². The smallest absolute Gasteiger partial charge is 0.366 e. The van der Waals surface area contributed by atoms with E-state index < -0.39 is 18.1 Å². The monoisotopic (exact) mass is 328 g/mol. The fraction of sp³-hybridized carbons (Fsp3) is 0.600. The Bertz CT molecular complexity index is 632. The molecule has 5 nitrogen and oxygen atoms in total. The van der Waals surface area contributed by atoms with Gasteiger partial charge in [-0.15, -0.1) is 0 Å². The SMILES string of the molecule is Cc1cc(C(=O)N[C@H](C)C(F)(F)F)nc2c1N1CCCC(C1)N2. The van der Waals surface area contributed by atoms with E-state index in [4.69, 9.17) is 0 Å². The minimum Gasteiger partial charge on any atom is -0.366 e. The number of halogens is 3. The second kappa shape index (κ2) is 5.58. The second-order valence-corrected chi connectivity index (χ2v) is 6.19. The highest BCUT2D eigenvalue weighted by atomic mass is 19.4.